The second-order valence-electron chi connectivity index (χ2n) is 12.8. The summed E-state index contributed by atoms with van der Waals surface area (Å²) in [6.07, 6.45) is 0. The zero-order valence-electron chi connectivity index (χ0n) is 28.9. The third kappa shape index (κ3) is 6.01. The van der Waals surface area contributed by atoms with E-state index in [4.69, 9.17) is 4.74 Å². The first-order valence-corrected chi connectivity index (χ1v) is 16.6. The molecule has 2 N–H and O–H groups in total. The lowest BCUT2D eigenvalue weighted by atomic mass is 10.0. The van der Waals surface area contributed by atoms with Crippen LogP contribution in [0.3, 0.4) is 0 Å². The first-order chi connectivity index (χ1) is 24.7. The van der Waals surface area contributed by atoms with Crippen molar-refractivity contribution in [3.63, 3.8) is 0 Å². The molecule has 4 aromatic carbocycles. The highest BCUT2D eigenvalue weighted by atomic mass is 16.5. The Morgan fingerprint density at radius 3 is 1.57 bits per heavy atom. The van der Waals surface area contributed by atoms with Gasteiger partial charge in [-0.3, -0.25) is 23.6 Å². The Labute approximate surface area is 295 Å². The maximum atomic E-state index is 12.9. The standard InChI is InChI=1S/C22H24N4O2.C18H14N2O3/c1-24(2)12-13-25(3)14-26-18-11-7-5-9-16(18)19(22(26)28)20-21(27)15-8-4-6-10-17(15)23-20;1-23-10-20-14-9-5-3-7-12(14)15(18(20)22)16-17(21)11-6-2-4-8-13(11)19-16/h4-11,28H,12-14H2,1-3H3;2-9,22H,10H2,1H3. The van der Waals surface area contributed by atoms with Gasteiger partial charge in [-0.2, -0.15) is 0 Å². The molecule has 0 atom stereocenters. The van der Waals surface area contributed by atoms with Crippen LogP contribution in [0.15, 0.2) is 107 Å². The minimum Gasteiger partial charge on any atom is -0.494 e. The molecule has 11 nitrogen and oxygen atoms in total. The van der Waals surface area contributed by atoms with Crippen molar-refractivity contribution in [2.75, 3.05) is 41.3 Å². The zero-order valence-corrected chi connectivity index (χ0v) is 28.9. The number of aromatic hydroxyl groups is 2. The molecule has 0 amide bonds. The van der Waals surface area contributed by atoms with Crippen LogP contribution in [0.5, 0.6) is 11.8 Å². The molecule has 2 aromatic heterocycles. The van der Waals surface area contributed by atoms with Crippen molar-refractivity contribution < 1.29 is 24.5 Å². The number of carbonyl (C=O) groups is 2. The van der Waals surface area contributed by atoms with Crippen molar-refractivity contribution in [2.24, 2.45) is 9.98 Å². The Bertz CT molecular complexity index is 2380. The SMILES string of the molecule is CN(C)CCN(C)Cn1c(O)c(C2=Nc3ccccc3C2=O)c2ccccc21.COCn1c(O)c(C2=Nc3ccccc3C2=O)c2ccccc21. The number of aliphatic imine (C=N–C) groups is 2. The Balaban J connectivity index is 0.000000162. The third-order valence-corrected chi connectivity index (χ3v) is 9.12. The highest BCUT2D eigenvalue weighted by Gasteiger charge is 2.32. The van der Waals surface area contributed by atoms with Gasteiger partial charge in [0.2, 0.25) is 23.3 Å². The summed E-state index contributed by atoms with van der Waals surface area (Å²) in [5.41, 5.74) is 5.67. The summed E-state index contributed by atoms with van der Waals surface area (Å²) in [5.74, 6) is -0.239. The molecule has 2 aliphatic heterocycles. The number of likely N-dealkylation sites (N-methyl/N-ethyl adjacent to an activating group) is 2. The minimum absolute atomic E-state index is 0.00652. The molecule has 2 aliphatic rings. The molecule has 0 radical (unpaired) electrons. The second kappa shape index (κ2) is 13.8. The quantitative estimate of drug-likeness (QED) is 0.181. The molecular formula is C40H38N6O5. The number of Topliss-reactive ketones (excluding diaryl/α,β-unsaturated/α-hetero) is 2. The lowest BCUT2D eigenvalue weighted by Crippen LogP contribution is -2.30. The summed E-state index contributed by atoms with van der Waals surface area (Å²) in [7, 11) is 7.65. The molecule has 6 aromatic rings. The summed E-state index contributed by atoms with van der Waals surface area (Å²) in [4.78, 5) is 38.9. The molecule has 8 rings (SSSR count). The van der Waals surface area contributed by atoms with Crippen LogP contribution in [0.1, 0.15) is 31.8 Å². The number of hydrogen-bond donors (Lipinski definition) is 2. The van der Waals surface area contributed by atoms with Crippen molar-refractivity contribution in [3.05, 3.63) is 119 Å². The summed E-state index contributed by atoms with van der Waals surface area (Å²) in [6.45, 7) is 2.50. The molecule has 0 fully saturated rings. The van der Waals surface area contributed by atoms with E-state index in [0.29, 0.717) is 46.0 Å². The number of ketones is 2. The molecular weight excluding hydrogens is 644 g/mol. The number of aromatic nitrogens is 2. The smallest absolute Gasteiger partial charge is 0.214 e. The molecule has 4 heterocycles. The topological polar surface area (TPSA) is 125 Å². The van der Waals surface area contributed by atoms with Gasteiger partial charge in [0.15, 0.2) is 0 Å². The van der Waals surface area contributed by atoms with E-state index in [0.717, 1.165) is 34.9 Å². The van der Waals surface area contributed by atoms with Crippen LogP contribution in [0.2, 0.25) is 0 Å². The van der Waals surface area contributed by atoms with Gasteiger partial charge in [0.1, 0.15) is 18.2 Å². The van der Waals surface area contributed by atoms with Gasteiger partial charge >= 0.3 is 0 Å². The van der Waals surface area contributed by atoms with Gasteiger partial charge < -0.3 is 19.8 Å². The lowest BCUT2D eigenvalue weighted by molar-refractivity contribution is 0.106. The van der Waals surface area contributed by atoms with Gasteiger partial charge in [0, 0.05) is 42.1 Å². The molecule has 11 heteroatoms. The van der Waals surface area contributed by atoms with E-state index in [1.807, 2.05) is 105 Å². The van der Waals surface area contributed by atoms with E-state index in [1.54, 1.807) is 29.9 Å². The Morgan fingerprint density at radius 1 is 0.627 bits per heavy atom. The largest absolute Gasteiger partial charge is 0.494 e. The second-order valence-corrected chi connectivity index (χ2v) is 12.8. The maximum Gasteiger partial charge on any atom is 0.214 e. The highest BCUT2D eigenvalue weighted by molar-refractivity contribution is 6.57. The molecule has 258 valence electrons. The molecule has 0 unspecified atom stereocenters. The average Bonchev–Trinajstić information content (AvgIpc) is 3.82. The van der Waals surface area contributed by atoms with Crippen molar-refractivity contribution in [1.82, 2.24) is 18.9 Å². The summed E-state index contributed by atoms with van der Waals surface area (Å²) >= 11 is 0. The normalized spacial score (nSPS) is 13.5. The van der Waals surface area contributed by atoms with E-state index in [9.17, 15) is 19.8 Å². The number of fused-ring (bicyclic) bond motifs is 4. The van der Waals surface area contributed by atoms with Crippen molar-refractivity contribution >= 4 is 56.2 Å². The first-order valence-electron chi connectivity index (χ1n) is 16.6. The lowest BCUT2D eigenvalue weighted by Gasteiger charge is -2.21. The van der Waals surface area contributed by atoms with Crippen LogP contribution in [0.25, 0.3) is 21.8 Å². The number of ether oxygens (including phenoxy) is 1. The summed E-state index contributed by atoms with van der Waals surface area (Å²) < 4.78 is 8.63. The molecule has 0 bridgehead atoms. The molecule has 0 aliphatic carbocycles. The average molecular weight is 683 g/mol. The fourth-order valence-corrected chi connectivity index (χ4v) is 6.60. The molecule has 0 saturated carbocycles. The fourth-order valence-electron chi connectivity index (χ4n) is 6.60. The van der Waals surface area contributed by atoms with Gasteiger partial charge in [-0.25, -0.2) is 9.98 Å². The van der Waals surface area contributed by atoms with Crippen LogP contribution in [0, 0.1) is 0 Å². The van der Waals surface area contributed by atoms with E-state index in [-0.39, 0.29) is 35.8 Å². The van der Waals surface area contributed by atoms with Crippen molar-refractivity contribution in [1.29, 1.82) is 0 Å². The number of nitrogens with zero attached hydrogens (tertiary/aromatic N) is 6. The Hall–Kier alpha value is -5.88. The fraction of sp³-hybridized carbons (Fsp3) is 0.200. The summed E-state index contributed by atoms with van der Waals surface area (Å²) in [5, 5.41) is 23.4. The third-order valence-electron chi connectivity index (χ3n) is 9.12. The van der Waals surface area contributed by atoms with Crippen LogP contribution < -0.4 is 0 Å². The molecule has 0 spiro atoms. The van der Waals surface area contributed by atoms with Gasteiger partial charge in [-0.15, -0.1) is 0 Å². The van der Waals surface area contributed by atoms with Gasteiger partial charge in [-0.05, 0) is 57.5 Å². The number of benzene rings is 4. The molecule has 0 saturated heterocycles. The number of carbonyl (C=O) groups excluding carboxylic acids is 2. The number of hydrogen-bond acceptors (Lipinski definition) is 9. The van der Waals surface area contributed by atoms with E-state index >= 15 is 0 Å². The van der Waals surface area contributed by atoms with Gasteiger partial charge in [0.05, 0.1) is 40.2 Å². The van der Waals surface area contributed by atoms with Crippen LogP contribution >= 0.6 is 0 Å². The van der Waals surface area contributed by atoms with Crippen molar-refractivity contribution in [3.8, 4) is 11.8 Å². The van der Waals surface area contributed by atoms with Gasteiger partial charge in [-0.1, -0.05) is 60.7 Å². The predicted octanol–water partition coefficient (Wildman–Crippen LogP) is 6.38. The summed E-state index contributed by atoms with van der Waals surface area (Å²) in [6, 6.07) is 29.7. The number of para-hydroxylation sites is 4. The predicted molar refractivity (Wildman–Crippen MR) is 199 cm³/mol. The number of rotatable bonds is 9. The van der Waals surface area contributed by atoms with E-state index in [1.165, 1.54) is 0 Å². The first kappa shape index (κ1) is 33.6. The zero-order chi connectivity index (χ0) is 35.8. The van der Waals surface area contributed by atoms with Gasteiger partial charge in [0.25, 0.3) is 0 Å². The number of methoxy groups -OCH3 is 1. The van der Waals surface area contributed by atoms with Crippen LogP contribution in [0.4, 0.5) is 11.4 Å². The van der Waals surface area contributed by atoms with E-state index < -0.39 is 0 Å². The Kier molecular flexibility index (Phi) is 9.09. The van der Waals surface area contributed by atoms with Crippen LogP contribution in [-0.2, 0) is 18.1 Å². The maximum absolute atomic E-state index is 12.9. The Morgan fingerprint density at radius 2 is 1.08 bits per heavy atom. The molecule has 51 heavy (non-hydrogen) atoms. The monoisotopic (exact) mass is 682 g/mol. The highest BCUT2D eigenvalue weighted by Crippen LogP contribution is 2.39. The van der Waals surface area contributed by atoms with Crippen molar-refractivity contribution in [2.45, 2.75) is 13.4 Å². The minimum atomic E-state index is -0.170. The van der Waals surface area contributed by atoms with E-state index in [2.05, 4.69) is 19.8 Å². The van der Waals surface area contributed by atoms with Crippen LogP contribution in [-0.4, -0.2) is 93.5 Å².